The normalized spacial score (nSPS) is 10.8. The molecular weight excluding hydrogens is 258 g/mol. The van der Waals surface area contributed by atoms with Gasteiger partial charge >= 0.3 is 0 Å². The van der Waals surface area contributed by atoms with Crippen LogP contribution in [-0.4, -0.2) is 9.97 Å². The topological polar surface area (TPSA) is 51.8 Å². The molecule has 0 aliphatic rings. The van der Waals surface area contributed by atoms with E-state index in [9.17, 15) is 0 Å². The summed E-state index contributed by atoms with van der Waals surface area (Å²) in [7, 11) is 0. The molecule has 0 aliphatic carbocycles. The Morgan fingerprint density at radius 3 is 2.47 bits per heavy atom. The van der Waals surface area contributed by atoms with Crippen molar-refractivity contribution in [2.45, 2.75) is 5.88 Å². The van der Waals surface area contributed by atoms with Gasteiger partial charge in [-0.2, -0.15) is 0 Å². The van der Waals surface area contributed by atoms with Crippen molar-refractivity contribution in [2.24, 2.45) is 0 Å². The summed E-state index contributed by atoms with van der Waals surface area (Å²) in [4.78, 5) is 8.95. The van der Waals surface area contributed by atoms with Crippen LogP contribution in [0, 0.1) is 0 Å². The zero-order valence-electron chi connectivity index (χ0n) is 10.2. The minimum absolute atomic E-state index is 0.282. The summed E-state index contributed by atoms with van der Waals surface area (Å²) in [5.41, 5.74) is 9.42. The fourth-order valence-electron chi connectivity index (χ4n) is 2.12. The first-order valence-electron chi connectivity index (χ1n) is 5.96. The van der Waals surface area contributed by atoms with Gasteiger partial charge in [-0.1, -0.05) is 36.4 Å². The van der Waals surface area contributed by atoms with Crippen LogP contribution in [0.1, 0.15) is 5.82 Å². The smallest absolute Gasteiger partial charge is 0.144 e. The molecule has 3 nitrogen and oxygen atoms in total. The molecule has 0 radical (unpaired) electrons. The van der Waals surface area contributed by atoms with E-state index < -0.39 is 0 Å². The molecule has 3 aromatic rings. The number of rotatable bonds is 2. The van der Waals surface area contributed by atoms with Gasteiger partial charge in [-0.25, -0.2) is 9.97 Å². The predicted molar refractivity (Wildman–Crippen MR) is 78.9 cm³/mol. The van der Waals surface area contributed by atoms with Crippen molar-refractivity contribution in [1.29, 1.82) is 0 Å². The van der Waals surface area contributed by atoms with E-state index in [1.54, 1.807) is 0 Å². The van der Waals surface area contributed by atoms with Crippen LogP contribution in [-0.2, 0) is 5.88 Å². The van der Waals surface area contributed by atoms with Crippen LogP contribution in [0.2, 0.25) is 0 Å². The highest BCUT2D eigenvalue weighted by Gasteiger charge is 2.11. The zero-order valence-corrected chi connectivity index (χ0v) is 10.9. The molecule has 0 aliphatic heterocycles. The monoisotopic (exact) mass is 269 g/mol. The van der Waals surface area contributed by atoms with Crippen LogP contribution < -0.4 is 5.73 Å². The molecule has 94 valence electrons. The van der Waals surface area contributed by atoms with Crippen molar-refractivity contribution >= 4 is 28.2 Å². The van der Waals surface area contributed by atoms with Crippen LogP contribution in [0.4, 0.5) is 5.69 Å². The molecule has 0 atom stereocenters. The number of alkyl halides is 1. The highest BCUT2D eigenvalue weighted by Crippen LogP contribution is 2.30. The number of nitrogens with two attached hydrogens (primary N) is 1. The van der Waals surface area contributed by atoms with Crippen LogP contribution in [0.25, 0.3) is 22.2 Å². The van der Waals surface area contributed by atoms with E-state index in [1.807, 2.05) is 48.5 Å². The van der Waals surface area contributed by atoms with E-state index in [4.69, 9.17) is 17.3 Å². The van der Waals surface area contributed by atoms with E-state index in [1.165, 1.54) is 0 Å². The number of nitrogens with zero attached hydrogens (tertiary/aromatic N) is 2. The third-order valence-corrected chi connectivity index (χ3v) is 3.21. The Kier molecular flexibility index (Phi) is 3.05. The largest absolute Gasteiger partial charge is 0.398 e. The molecule has 0 amide bonds. The minimum atomic E-state index is 0.282. The number of nitrogen functional groups attached to an aromatic ring is 1. The Labute approximate surface area is 116 Å². The van der Waals surface area contributed by atoms with Gasteiger partial charge in [0, 0.05) is 16.6 Å². The first-order valence-corrected chi connectivity index (χ1v) is 6.49. The van der Waals surface area contributed by atoms with Gasteiger partial charge in [0.05, 0.1) is 17.1 Å². The number of hydrogen-bond donors (Lipinski definition) is 1. The molecule has 2 aromatic carbocycles. The summed E-state index contributed by atoms with van der Waals surface area (Å²) >= 11 is 5.87. The van der Waals surface area contributed by atoms with Crippen LogP contribution >= 0.6 is 11.6 Å². The molecule has 0 bridgehead atoms. The van der Waals surface area contributed by atoms with Crippen LogP contribution in [0.3, 0.4) is 0 Å². The zero-order chi connectivity index (χ0) is 13.2. The summed E-state index contributed by atoms with van der Waals surface area (Å²) in [5, 5.41) is 0.877. The average Bonchev–Trinajstić information content (AvgIpc) is 2.47. The van der Waals surface area contributed by atoms with Gasteiger partial charge in [-0.15, -0.1) is 11.6 Å². The number of hydrogen-bond acceptors (Lipinski definition) is 3. The van der Waals surface area contributed by atoms with Crippen LogP contribution in [0.5, 0.6) is 0 Å². The number of halogens is 1. The van der Waals surface area contributed by atoms with Crippen molar-refractivity contribution in [3.63, 3.8) is 0 Å². The van der Waals surface area contributed by atoms with E-state index >= 15 is 0 Å². The molecule has 1 aromatic heterocycles. The Balaban J connectivity index is 2.39. The number of aromatic nitrogens is 2. The number of fused-ring (bicyclic) bond motifs is 1. The van der Waals surface area contributed by atoms with E-state index in [0.29, 0.717) is 11.5 Å². The van der Waals surface area contributed by atoms with Gasteiger partial charge in [0.2, 0.25) is 0 Å². The third-order valence-electron chi connectivity index (χ3n) is 2.97. The van der Waals surface area contributed by atoms with Crippen molar-refractivity contribution in [3.8, 4) is 11.3 Å². The maximum atomic E-state index is 6.07. The van der Waals surface area contributed by atoms with Gasteiger partial charge in [0.15, 0.2) is 0 Å². The van der Waals surface area contributed by atoms with Crippen LogP contribution in [0.15, 0.2) is 48.5 Å². The Morgan fingerprint density at radius 1 is 0.947 bits per heavy atom. The molecule has 0 unspecified atom stereocenters. The number of benzene rings is 2. The molecule has 0 saturated heterocycles. The quantitative estimate of drug-likeness (QED) is 0.571. The molecule has 0 spiro atoms. The molecule has 4 heteroatoms. The molecule has 1 heterocycles. The van der Waals surface area contributed by atoms with E-state index in [-0.39, 0.29) is 5.88 Å². The molecule has 0 fully saturated rings. The number of anilines is 1. The Bertz CT molecular complexity index is 726. The standard InChI is InChI=1S/C15H12ClN3/c16-9-13-18-12-8-4-7-11(17)14(12)15(19-13)10-5-2-1-3-6-10/h1-8H,9,17H2. The first kappa shape index (κ1) is 11.9. The highest BCUT2D eigenvalue weighted by atomic mass is 35.5. The maximum Gasteiger partial charge on any atom is 0.144 e. The van der Waals surface area contributed by atoms with Crippen molar-refractivity contribution < 1.29 is 0 Å². The van der Waals surface area contributed by atoms with Crippen molar-refractivity contribution in [1.82, 2.24) is 9.97 Å². The third kappa shape index (κ3) is 2.13. The van der Waals surface area contributed by atoms with E-state index in [2.05, 4.69) is 9.97 Å². The Hall–Kier alpha value is -2.13. The summed E-state index contributed by atoms with van der Waals surface area (Å²) in [6.07, 6.45) is 0. The maximum absolute atomic E-state index is 6.07. The second-order valence-electron chi connectivity index (χ2n) is 4.23. The Morgan fingerprint density at radius 2 is 1.74 bits per heavy atom. The molecule has 19 heavy (non-hydrogen) atoms. The van der Waals surface area contributed by atoms with Gasteiger partial charge < -0.3 is 5.73 Å². The SMILES string of the molecule is Nc1cccc2nc(CCl)nc(-c3ccccc3)c12. The summed E-state index contributed by atoms with van der Waals surface area (Å²) in [6, 6.07) is 15.6. The second kappa shape index (κ2) is 4.86. The average molecular weight is 270 g/mol. The van der Waals surface area contributed by atoms with Gasteiger partial charge in [0.25, 0.3) is 0 Å². The first-order chi connectivity index (χ1) is 9.29. The summed E-state index contributed by atoms with van der Waals surface area (Å²) in [6.45, 7) is 0. The predicted octanol–water partition coefficient (Wildman–Crippen LogP) is 3.62. The molecule has 2 N–H and O–H groups in total. The minimum Gasteiger partial charge on any atom is -0.398 e. The fraction of sp³-hybridized carbons (Fsp3) is 0.0667. The van der Waals surface area contributed by atoms with Gasteiger partial charge in [-0.05, 0) is 12.1 Å². The lowest BCUT2D eigenvalue weighted by atomic mass is 10.1. The van der Waals surface area contributed by atoms with Crippen molar-refractivity contribution in [3.05, 3.63) is 54.4 Å². The van der Waals surface area contributed by atoms with Gasteiger partial charge in [-0.3, -0.25) is 0 Å². The lowest BCUT2D eigenvalue weighted by molar-refractivity contribution is 1.07. The summed E-state index contributed by atoms with van der Waals surface area (Å²) < 4.78 is 0. The van der Waals surface area contributed by atoms with Crippen molar-refractivity contribution in [2.75, 3.05) is 5.73 Å². The lowest BCUT2D eigenvalue weighted by Crippen LogP contribution is -1.99. The molecule has 3 rings (SSSR count). The fourth-order valence-corrected chi connectivity index (χ4v) is 2.24. The highest BCUT2D eigenvalue weighted by molar-refractivity contribution is 6.16. The van der Waals surface area contributed by atoms with E-state index in [0.717, 1.165) is 22.2 Å². The lowest BCUT2D eigenvalue weighted by Gasteiger charge is -2.09. The molecule has 0 saturated carbocycles. The second-order valence-corrected chi connectivity index (χ2v) is 4.50. The molecular formula is C15H12ClN3. The summed E-state index contributed by atoms with van der Waals surface area (Å²) in [5.74, 6) is 0.892. The van der Waals surface area contributed by atoms with Gasteiger partial charge in [0.1, 0.15) is 5.82 Å².